The SMILES string of the molecule is COc1ccc(Cl)cc1-c1nc(C2CC23CCN(S(N)(=O)=O)CC3)no1. The monoisotopic (exact) mass is 398 g/mol. The predicted molar refractivity (Wildman–Crippen MR) is 95.0 cm³/mol. The van der Waals surface area contributed by atoms with E-state index in [9.17, 15) is 8.42 Å². The number of benzene rings is 1. The molecule has 2 N–H and O–H groups in total. The van der Waals surface area contributed by atoms with E-state index in [4.69, 9.17) is 26.0 Å². The molecule has 1 aromatic heterocycles. The molecule has 8 nitrogen and oxygen atoms in total. The second kappa shape index (κ2) is 6.19. The highest BCUT2D eigenvalue weighted by Gasteiger charge is 2.58. The van der Waals surface area contributed by atoms with E-state index in [1.807, 2.05) is 0 Å². The van der Waals surface area contributed by atoms with Crippen LogP contribution in [0.2, 0.25) is 5.02 Å². The van der Waals surface area contributed by atoms with E-state index in [2.05, 4.69) is 10.1 Å². The zero-order valence-corrected chi connectivity index (χ0v) is 15.8. The third kappa shape index (κ3) is 3.09. The van der Waals surface area contributed by atoms with Gasteiger partial charge in [0.2, 0.25) is 0 Å². The summed E-state index contributed by atoms with van der Waals surface area (Å²) in [6.07, 6.45) is 2.42. The van der Waals surface area contributed by atoms with Crippen LogP contribution in [0.15, 0.2) is 22.7 Å². The first-order valence-corrected chi connectivity index (χ1v) is 10.2. The molecule has 140 valence electrons. The lowest BCUT2D eigenvalue weighted by molar-refractivity contribution is 0.249. The first kappa shape index (κ1) is 17.7. The van der Waals surface area contributed by atoms with Crippen molar-refractivity contribution < 1.29 is 17.7 Å². The van der Waals surface area contributed by atoms with Gasteiger partial charge in [0.05, 0.1) is 12.7 Å². The van der Waals surface area contributed by atoms with Crippen molar-refractivity contribution >= 4 is 21.8 Å². The molecule has 26 heavy (non-hydrogen) atoms. The zero-order chi connectivity index (χ0) is 18.5. The van der Waals surface area contributed by atoms with E-state index >= 15 is 0 Å². The quantitative estimate of drug-likeness (QED) is 0.844. The van der Waals surface area contributed by atoms with Crippen LogP contribution in [0.5, 0.6) is 5.75 Å². The minimum absolute atomic E-state index is 0.0424. The van der Waals surface area contributed by atoms with Gasteiger partial charge in [-0.2, -0.15) is 17.7 Å². The van der Waals surface area contributed by atoms with Crippen molar-refractivity contribution in [3.63, 3.8) is 0 Å². The van der Waals surface area contributed by atoms with Gasteiger partial charge in [0.25, 0.3) is 16.1 Å². The number of methoxy groups -OCH3 is 1. The fraction of sp³-hybridized carbons (Fsp3) is 0.500. The van der Waals surface area contributed by atoms with Crippen LogP contribution >= 0.6 is 11.6 Å². The van der Waals surface area contributed by atoms with Crippen LogP contribution in [0.4, 0.5) is 0 Å². The second-order valence-electron chi connectivity index (χ2n) is 6.87. The number of hydrogen-bond acceptors (Lipinski definition) is 6. The number of nitrogens with two attached hydrogens (primary N) is 1. The first-order valence-electron chi connectivity index (χ1n) is 8.28. The molecule has 2 aromatic rings. The Kier molecular flexibility index (Phi) is 4.22. The number of nitrogens with zero attached hydrogens (tertiary/aromatic N) is 3. The van der Waals surface area contributed by atoms with E-state index in [0.717, 1.165) is 19.3 Å². The lowest BCUT2D eigenvalue weighted by Gasteiger charge is -2.30. The largest absolute Gasteiger partial charge is 0.496 e. The van der Waals surface area contributed by atoms with Gasteiger partial charge in [-0.1, -0.05) is 16.8 Å². The minimum atomic E-state index is -3.62. The van der Waals surface area contributed by atoms with Crippen LogP contribution in [0.25, 0.3) is 11.5 Å². The Morgan fingerprint density at radius 2 is 2.12 bits per heavy atom. The summed E-state index contributed by atoms with van der Waals surface area (Å²) in [4.78, 5) is 4.54. The topological polar surface area (TPSA) is 112 Å². The van der Waals surface area contributed by atoms with Crippen molar-refractivity contribution in [1.29, 1.82) is 0 Å². The maximum absolute atomic E-state index is 11.5. The minimum Gasteiger partial charge on any atom is -0.496 e. The number of halogens is 1. The molecule has 10 heteroatoms. The number of aromatic nitrogens is 2. The summed E-state index contributed by atoms with van der Waals surface area (Å²) in [5, 5.41) is 9.90. The van der Waals surface area contributed by atoms with Gasteiger partial charge in [0, 0.05) is 24.0 Å². The summed E-state index contributed by atoms with van der Waals surface area (Å²) in [6.45, 7) is 0.865. The Morgan fingerprint density at radius 1 is 1.38 bits per heavy atom. The summed E-state index contributed by atoms with van der Waals surface area (Å²) in [6, 6.07) is 5.21. The van der Waals surface area contributed by atoms with E-state index in [-0.39, 0.29) is 11.3 Å². The molecule has 1 spiro atoms. The Labute approximate surface area is 156 Å². The summed E-state index contributed by atoms with van der Waals surface area (Å²) >= 11 is 6.06. The molecule has 2 fully saturated rings. The van der Waals surface area contributed by atoms with Crippen LogP contribution in [-0.4, -0.2) is 43.1 Å². The molecule has 1 saturated carbocycles. The molecule has 0 bridgehead atoms. The molecular formula is C16H19ClN4O4S. The smallest absolute Gasteiger partial charge is 0.276 e. The van der Waals surface area contributed by atoms with Gasteiger partial charge < -0.3 is 9.26 Å². The van der Waals surface area contributed by atoms with Crippen LogP contribution in [0.3, 0.4) is 0 Å². The average molecular weight is 399 g/mol. The van der Waals surface area contributed by atoms with Gasteiger partial charge in [0.15, 0.2) is 5.82 Å². The Balaban J connectivity index is 1.52. The molecule has 4 rings (SSSR count). The Hall–Kier alpha value is -1.68. The molecular weight excluding hydrogens is 380 g/mol. The average Bonchev–Trinajstić information content (AvgIpc) is 3.07. The summed E-state index contributed by atoms with van der Waals surface area (Å²) < 4.78 is 35.0. The third-order valence-electron chi connectivity index (χ3n) is 5.41. The first-order chi connectivity index (χ1) is 12.3. The molecule has 0 radical (unpaired) electrons. The highest BCUT2D eigenvalue weighted by molar-refractivity contribution is 7.86. The molecule has 2 heterocycles. The van der Waals surface area contributed by atoms with Gasteiger partial charge >= 0.3 is 0 Å². The fourth-order valence-corrected chi connectivity index (χ4v) is 4.65. The van der Waals surface area contributed by atoms with E-state index < -0.39 is 10.2 Å². The molecule has 1 unspecified atom stereocenters. The summed E-state index contributed by atoms with van der Waals surface area (Å²) in [7, 11) is -2.05. The lowest BCUT2D eigenvalue weighted by Crippen LogP contribution is -2.43. The lowest BCUT2D eigenvalue weighted by atomic mass is 9.92. The Bertz CT molecular complexity index is 937. The van der Waals surface area contributed by atoms with Crippen molar-refractivity contribution in [3.8, 4) is 17.2 Å². The molecule has 2 aliphatic rings. The second-order valence-corrected chi connectivity index (χ2v) is 8.85. The maximum Gasteiger partial charge on any atom is 0.276 e. The van der Waals surface area contributed by atoms with Crippen LogP contribution < -0.4 is 9.88 Å². The van der Waals surface area contributed by atoms with Crippen molar-refractivity contribution in [2.45, 2.75) is 25.2 Å². The number of rotatable bonds is 4. The summed E-state index contributed by atoms with van der Waals surface area (Å²) in [5.74, 6) is 1.79. The van der Waals surface area contributed by atoms with Crippen molar-refractivity contribution in [2.24, 2.45) is 10.6 Å². The zero-order valence-electron chi connectivity index (χ0n) is 14.2. The molecule has 1 aromatic carbocycles. The van der Waals surface area contributed by atoms with Crippen LogP contribution in [-0.2, 0) is 10.2 Å². The van der Waals surface area contributed by atoms with Gasteiger partial charge in [-0.25, -0.2) is 5.14 Å². The molecule has 1 saturated heterocycles. The van der Waals surface area contributed by atoms with E-state index in [0.29, 0.717) is 41.1 Å². The van der Waals surface area contributed by atoms with E-state index in [1.165, 1.54) is 4.31 Å². The van der Waals surface area contributed by atoms with Gasteiger partial charge in [-0.05, 0) is 42.9 Å². The normalized spacial score (nSPS) is 22.5. The molecule has 1 aliphatic carbocycles. The number of piperidine rings is 1. The maximum atomic E-state index is 11.5. The van der Waals surface area contributed by atoms with Crippen molar-refractivity contribution in [1.82, 2.24) is 14.4 Å². The van der Waals surface area contributed by atoms with Gasteiger partial charge in [0.1, 0.15) is 5.75 Å². The van der Waals surface area contributed by atoms with Gasteiger partial charge in [-0.15, -0.1) is 0 Å². The van der Waals surface area contributed by atoms with Crippen LogP contribution in [0, 0.1) is 5.41 Å². The van der Waals surface area contributed by atoms with Crippen molar-refractivity contribution in [2.75, 3.05) is 20.2 Å². The predicted octanol–water partition coefficient (Wildman–Crippen LogP) is 2.17. The van der Waals surface area contributed by atoms with E-state index in [1.54, 1.807) is 25.3 Å². The highest BCUT2D eigenvalue weighted by atomic mass is 35.5. The molecule has 1 aliphatic heterocycles. The van der Waals surface area contributed by atoms with Crippen LogP contribution in [0.1, 0.15) is 31.0 Å². The number of ether oxygens (including phenoxy) is 1. The fourth-order valence-electron chi connectivity index (χ4n) is 3.78. The Morgan fingerprint density at radius 3 is 2.77 bits per heavy atom. The van der Waals surface area contributed by atoms with Gasteiger partial charge in [-0.3, -0.25) is 0 Å². The number of hydrogen-bond donors (Lipinski definition) is 1. The standard InChI is InChI=1S/C16H19ClN4O4S/c1-24-13-3-2-10(17)8-11(13)15-19-14(20-25-15)12-9-16(12)4-6-21(7-5-16)26(18,22)23/h2-3,8,12H,4-7,9H2,1H3,(H2,18,22,23). The van der Waals surface area contributed by atoms with Crippen molar-refractivity contribution in [3.05, 3.63) is 29.0 Å². The molecule has 0 amide bonds. The summed E-state index contributed by atoms with van der Waals surface area (Å²) in [5.41, 5.74) is 0.693. The highest BCUT2D eigenvalue weighted by Crippen LogP contribution is 2.64. The third-order valence-corrected chi connectivity index (χ3v) is 6.73. The molecule has 1 atom stereocenters.